The Morgan fingerprint density at radius 2 is 2.60 bits per heavy atom. The second kappa shape index (κ2) is 4.23. The molecular weight excluding hydrogens is 183 g/mol. The summed E-state index contributed by atoms with van der Waals surface area (Å²) in [6.07, 6.45) is 1.17. The van der Waals surface area contributed by atoms with Crippen LogP contribution in [0.3, 0.4) is 0 Å². The normalized spacial score (nSPS) is 6.60. The van der Waals surface area contributed by atoms with Gasteiger partial charge in [0.1, 0.15) is 6.26 Å². The second-order valence-corrected chi connectivity index (χ2v) is 1.19. The molecule has 0 fully saturated rings. The van der Waals surface area contributed by atoms with Gasteiger partial charge in [-0.1, -0.05) is 6.58 Å². The first-order valence-corrected chi connectivity index (χ1v) is 2.71. The molecule has 0 aromatic rings. The minimum Gasteiger partial charge on any atom is -0.558 e. The molecule has 0 atom stereocenters. The zero-order valence-corrected chi connectivity index (χ0v) is 4.64. The summed E-state index contributed by atoms with van der Waals surface area (Å²) < 4.78 is 13.5. The molecule has 0 spiro atoms. The van der Waals surface area contributed by atoms with Crippen LogP contribution in [-0.2, 0) is 3.07 Å². The van der Waals surface area contributed by atoms with Gasteiger partial charge in [0.25, 0.3) is 0 Å². The first kappa shape index (κ1) is 5.23. The molecule has 0 aromatic heterocycles. The summed E-state index contributed by atoms with van der Waals surface area (Å²) in [5.74, 6) is 0. The van der Waals surface area contributed by atoms with Crippen LogP contribution in [0.1, 0.15) is 0 Å². The number of hydrogen-bond donors (Lipinski definition) is 0. The molecule has 0 aliphatic carbocycles. The molecule has 0 unspecified atom stereocenters. The monoisotopic (exact) mass is 186 g/mol. The Hall–Kier alpha value is 0.230. The fourth-order valence-corrected chi connectivity index (χ4v) is 0.173. The van der Waals surface area contributed by atoms with E-state index in [-0.39, 0.29) is 0 Å². The summed E-state index contributed by atoms with van der Waals surface area (Å²) in [6, 6.07) is 0. The van der Waals surface area contributed by atoms with E-state index in [1.54, 1.807) is 0 Å². The van der Waals surface area contributed by atoms with E-state index in [9.17, 15) is 3.44 Å². The Kier molecular flexibility index (Phi) is 4.42. The highest BCUT2D eigenvalue weighted by molar-refractivity contribution is 4.40. The molecule has 0 saturated heterocycles. The summed E-state index contributed by atoms with van der Waals surface area (Å²) in [7, 11) is 0. The van der Waals surface area contributed by atoms with E-state index in [2.05, 4.69) is 9.65 Å². The van der Waals surface area contributed by atoms with Crippen LogP contribution in [0.15, 0.2) is 12.8 Å². The van der Waals surface area contributed by atoms with Crippen molar-refractivity contribution in [3.05, 3.63) is 12.8 Å². The van der Waals surface area contributed by atoms with Crippen molar-refractivity contribution in [3.8, 4) is 0 Å². The molecule has 0 bridgehead atoms. The van der Waals surface area contributed by atoms with Gasteiger partial charge in [0, 0.05) is 0 Å². The largest absolute Gasteiger partial charge is 0.558 e. The van der Waals surface area contributed by atoms with Gasteiger partial charge in [-0.05, 0) is 0 Å². The topological polar surface area (TPSA) is 32.3 Å². The van der Waals surface area contributed by atoms with Gasteiger partial charge >= 0.3 is 22.0 Å². The quantitative estimate of drug-likeness (QED) is 0.330. The standard InChI is InChI=1S/C2H3IO2/c1-2-5-3-4/h2H,1H2. The van der Waals surface area contributed by atoms with E-state index >= 15 is 0 Å². The molecule has 0 heterocycles. The first-order valence-electron chi connectivity index (χ1n) is 0.953. The first-order chi connectivity index (χ1) is 2.41. The average Bonchev–Trinajstić information content (AvgIpc) is 1.41. The molecule has 0 aliphatic heterocycles. The maximum atomic E-state index is 9.35. The molecule has 3 heteroatoms. The third-order valence-electron chi connectivity index (χ3n) is 0.0994. The Balaban J connectivity index is 2.40. The van der Waals surface area contributed by atoms with Gasteiger partial charge in [-0.25, -0.2) is 0 Å². The van der Waals surface area contributed by atoms with Gasteiger partial charge in [-0.3, -0.25) is 3.07 Å². The van der Waals surface area contributed by atoms with Gasteiger partial charge in [-0.2, -0.15) is 0 Å². The summed E-state index contributed by atoms with van der Waals surface area (Å²) >= 11 is -1.26. The summed E-state index contributed by atoms with van der Waals surface area (Å²) in [6.45, 7) is 3.16. The predicted octanol–water partition coefficient (Wildman–Crippen LogP) is -3.57. The Bertz CT molecular complexity index is 28.8. The van der Waals surface area contributed by atoms with Gasteiger partial charge in [0.05, 0.1) is 0 Å². The molecular formula is C2H3IO2. The second-order valence-electron chi connectivity index (χ2n) is 0.319. The lowest BCUT2D eigenvalue weighted by Gasteiger charge is -1.68. The third kappa shape index (κ3) is 4.23. The highest BCUT2D eigenvalue weighted by Gasteiger charge is 1.75. The SMILES string of the molecule is C=CO[I+][O-]. The van der Waals surface area contributed by atoms with E-state index < -0.39 is 22.0 Å². The summed E-state index contributed by atoms with van der Waals surface area (Å²) in [5, 5.41) is 0. The van der Waals surface area contributed by atoms with Crippen molar-refractivity contribution in [2.75, 3.05) is 0 Å². The van der Waals surface area contributed by atoms with Crippen LogP contribution in [0.4, 0.5) is 0 Å². The van der Waals surface area contributed by atoms with Crippen LogP contribution in [0.25, 0.3) is 0 Å². The molecule has 0 saturated carbocycles. The molecule has 2 nitrogen and oxygen atoms in total. The van der Waals surface area contributed by atoms with E-state index in [1.165, 1.54) is 6.26 Å². The third-order valence-corrected chi connectivity index (χ3v) is 0.667. The van der Waals surface area contributed by atoms with Gasteiger partial charge < -0.3 is 3.44 Å². The van der Waals surface area contributed by atoms with E-state index in [4.69, 9.17) is 0 Å². The molecule has 5 heavy (non-hydrogen) atoms. The smallest absolute Gasteiger partial charge is 0.513 e. The summed E-state index contributed by atoms with van der Waals surface area (Å²) in [4.78, 5) is 0. The van der Waals surface area contributed by atoms with E-state index in [0.29, 0.717) is 0 Å². The molecule has 0 N–H and O–H groups in total. The van der Waals surface area contributed by atoms with Crippen molar-refractivity contribution >= 4 is 0 Å². The van der Waals surface area contributed by atoms with E-state index in [1.807, 2.05) is 0 Å². The Morgan fingerprint density at radius 1 is 2.00 bits per heavy atom. The minimum absolute atomic E-state index is 1.17. The molecule has 0 aliphatic rings. The van der Waals surface area contributed by atoms with Crippen LogP contribution in [0.5, 0.6) is 0 Å². The van der Waals surface area contributed by atoms with Crippen LogP contribution in [0, 0.1) is 0 Å². The van der Waals surface area contributed by atoms with Crippen molar-refractivity contribution in [2.24, 2.45) is 0 Å². The van der Waals surface area contributed by atoms with Gasteiger partial charge in [0.2, 0.25) is 0 Å². The van der Waals surface area contributed by atoms with Crippen LogP contribution in [0.2, 0.25) is 0 Å². The van der Waals surface area contributed by atoms with E-state index in [0.717, 1.165) is 0 Å². The van der Waals surface area contributed by atoms with Crippen LogP contribution < -0.4 is 25.5 Å². The molecule has 0 aromatic carbocycles. The van der Waals surface area contributed by atoms with Crippen LogP contribution in [-0.4, -0.2) is 0 Å². The lowest BCUT2D eigenvalue weighted by molar-refractivity contribution is -1.26. The minimum atomic E-state index is -1.26. The molecule has 0 radical (unpaired) electrons. The van der Waals surface area contributed by atoms with Gasteiger partial charge in [0.15, 0.2) is 0 Å². The number of rotatable bonds is 2. The fraction of sp³-hybridized carbons (Fsp3) is 0. The maximum absolute atomic E-state index is 9.35. The highest BCUT2D eigenvalue weighted by atomic mass is 127. The highest BCUT2D eigenvalue weighted by Crippen LogP contribution is 1.39. The zero-order valence-electron chi connectivity index (χ0n) is 2.48. The Labute approximate surface area is 41.8 Å². The molecule has 30 valence electrons. The lowest BCUT2D eigenvalue weighted by atomic mass is 11.2. The number of hydrogen-bond acceptors (Lipinski definition) is 2. The zero-order chi connectivity index (χ0) is 4.12. The molecule has 0 rings (SSSR count). The van der Waals surface area contributed by atoms with Crippen molar-refractivity contribution in [2.45, 2.75) is 0 Å². The fourth-order valence-electron chi connectivity index (χ4n) is 0.0257. The van der Waals surface area contributed by atoms with Gasteiger partial charge in [-0.15, -0.1) is 0 Å². The molecule has 0 amide bonds. The van der Waals surface area contributed by atoms with Crippen molar-refractivity contribution in [3.63, 3.8) is 0 Å². The van der Waals surface area contributed by atoms with Crippen molar-refractivity contribution in [1.82, 2.24) is 0 Å². The average molecular weight is 186 g/mol. The number of halogens is 1. The van der Waals surface area contributed by atoms with Crippen LogP contribution >= 0.6 is 0 Å². The lowest BCUT2D eigenvalue weighted by Crippen LogP contribution is -3.69. The van der Waals surface area contributed by atoms with Crippen molar-refractivity contribution in [1.29, 1.82) is 0 Å². The maximum Gasteiger partial charge on any atom is 0.513 e. The Morgan fingerprint density at radius 3 is 2.60 bits per heavy atom. The van der Waals surface area contributed by atoms with Crippen molar-refractivity contribution < 1.29 is 28.5 Å². The summed E-state index contributed by atoms with van der Waals surface area (Å²) in [5.41, 5.74) is 0. The predicted molar refractivity (Wildman–Crippen MR) is 11.3 cm³/mol.